The fraction of sp³-hybridized carbons (Fsp3) is 0.167. The highest BCUT2D eigenvalue weighted by molar-refractivity contribution is 7.99. The smallest absolute Gasteiger partial charge is 0.251 e. The van der Waals surface area contributed by atoms with Gasteiger partial charge < -0.3 is 10.6 Å². The largest absolute Gasteiger partial charge is 0.346 e. The fourth-order valence-electron chi connectivity index (χ4n) is 2.84. The number of hydrogen-bond donors (Lipinski definition) is 2. The summed E-state index contributed by atoms with van der Waals surface area (Å²) in [6.07, 6.45) is 0. The number of carbonyl (C=O) groups excluding carboxylic acids is 2. The summed E-state index contributed by atoms with van der Waals surface area (Å²) in [6, 6.07) is 26.8. The van der Waals surface area contributed by atoms with E-state index in [0.717, 1.165) is 16.8 Å². The number of carbonyl (C=O) groups is 2. The van der Waals surface area contributed by atoms with Crippen LogP contribution in [0.25, 0.3) is 0 Å². The standard InChI is InChI=1S/C24H24N2O2S/c1-18(20-8-4-2-5-9-20)25-24(28)21-14-12-19(13-15-21)16-29-17-23(27)26-22-10-6-3-7-11-22/h2-15,18H,16-17H2,1H3,(H,25,28)(H,26,27). The van der Waals surface area contributed by atoms with Crippen LogP contribution in [-0.4, -0.2) is 17.6 Å². The van der Waals surface area contributed by atoms with Gasteiger partial charge in [0.2, 0.25) is 5.91 Å². The van der Waals surface area contributed by atoms with Gasteiger partial charge in [-0.2, -0.15) is 0 Å². The van der Waals surface area contributed by atoms with Crippen LogP contribution in [0, 0.1) is 0 Å². The summed E-state index contributed by atoms with van der Waals surface area (Å²) >= 11 is 1.54. The topological polar surface area (TPSA) is 58.2 Å². The molecule has 0 spiro atoms. The number of amides is 2. The minimum absolute atomic E-state index is 0.0212. The first-order chi connectivity index (χ1) is 14.1. The van der Waals surface area contributed by atoms with Crippen molar-refractivity contribution in [3.8, 4) is 0 Å². The Hall–Kier alpha value is -3.05. The lowest BCUT2D eigenvalue weighted by Gasteiger charge is -2.14. The van der Waals surface area contributed by atoms with Gasteiger partial charge in [-0.1, -0.05) is 60.7 Å². The summed E-state index contributed by atoms with van der Waals surface area (Å²) in [5.41, 5.74) is 3.58. The van der Waals surface area contributed by atoms with Gasteiger partial charge in [-0.05, 0) is 42.3 Å². The predicted octanol–water partition coefficient (Wildman–Crippen LogP) is 5.05. The molecule has 0 aromatic heterocycles. The number of benzene rings is 3. The van der Waals surface area contributed by atoms with E-state index >= 15 is 0 Å². The molecule has 2 N–H and O–H groups in total. The van der Waals surface area contributed by atoms with E-state index in [0.29, 0.717) is 17.1 Å². The molecule has 5 heteroatoms. The van der Waals surface area contributed by atoms with Crippen LogP contribution in [0.5, 0.6) is 0 Å². The van der Waals surface area contributed by atoms with E-state index in [1.54, 1.807) is 11.8 Å². The molecule has 0 aliphatic carbocycles. The highest BCUT2D eigenvalue weighted by Crippen LogP contribution is 2.16. The molecule has 0 aliphatic heterocycles. The zero-order valence-corrected chi connectivity index (χ0v) is 17.1. The number of thioether (sulfide) groups is 1. The number of hydrogen-bond acceptors (Lipinski definition) is 3. The third-order valence-corrected chi connectivity index (χ3v) is 5.43. The Morgan fingerprint density at radius 3 is 2.14 bits per heavy atom. The summed E-state index contributed by atoms with van der Waals surface area (Å²) < 4.78 is 0. The lowest BCUT2D eigenvalue weighted by Crippen LogP contribution is -2.26. The maximum atomic E-state index is 12.4. The first kappa shape index (κ1) is 20.7. The van der Waals surface area contributed by atoms with Crippen LogP contribution >= 0.6 is 11.8 Å². The minimum Gasteiger partial charge on any atom is -0.346 e. The van der Waals surface area contributed by atoms with Crippen LogP contribution in [0.2, 0.25) is 0 Å². The molecular weight excluding hydrogens is 380 g/mol. The first-order valence-corrected chi connectivity index (χ1v) is 10.6. The number of anilines is 1. The Kier molecular flexibility index (Phi) is 7.47. The Balaban J connectivity index is 1.44. The molecule has 0 fully saturated rings. The number of nitrogens with one attached hydrogen (secondary N) is 2. The number of para-hydroxylation sites is 1. The molecular formula is C24H24N2O2S. The molecule has 2 amide bonds. The molecule has 29 heavy (non-hydrogen) atoms. The maximum Gasteiger partial charge on any atom is 0.251 e. The third kappa shape index (κ3) is 6.50. The van der Waals surface area contributed by atoms with Gasteiger partial charge in [0, 0.05) is 17.0 Å². The van der Waals surface area contributed by atoms with Crippen LogP contribution in [-0.2, 0) is 10.5 Å². The molecule has 0 saturated heterocycles. The van der Waals surface area contributed by atoms with Crippen LogP contribution in [0.15, 0.2) is 84.9 Å². The first-order valence-electron chi connectivity index (χ1n) is 9.49. The van der Waals surface area contributed by atoms with Gasteiger partial charge in [0.05, 0.1) is 11.8 Å². The van der Waals surface area contributed by atoms with Crippen LogP contribution in [0.4, 0.5) is 5.69 Å². The summed E-state index contributed by atoms with van der Waals surface area (Å²) in [5.74, 6) is 0.978. The van der Waals surface area contributed by atoms with Gasteiger partial charge in [-0.15, -0.1) is 11.8 Å². The predicted molar refractivity (Wildman–Crippen MR) is 120 cm³/mol. The van der Waals surface area contributed by atoms with Gasteiger partial charge in [-0.25, -0.2) is 0 Å². The average Bonchev–Trinajstić information content (AvgIpc) is 2.75. The zero-order chi connectivity index (χ0) is 20.5. The van der Waals surface area contributed by atoms with E-state index in [9.17, 15) is 9.59 Å². The Morgan fingerprint density at radius 2 is 1.48 bits per heavy atom. The van der Waals surface area contributed by atoms with Crippen LogP contribution in [0.3, 0.4) is 0 Å². The second kappa shape index (κ2) is 10.5. The summed E-state index contributed by atoms with van der Waals surface area (Å²) in [7, 11) is 0. The van der Waals surface area contributed by atoms with Crippen molar-refractivity contribution in [3.05, 3.63) is 102 Å². The lowest BCUT2D eigenvalue weighted by molar-refractivity contribution is -0.113. The number of rotatable bonds is 8. The molecule has 148 valence electrons. The van der Waals surface area contributed by atoms with E-state index in [-0.39, 0.29) is 17.9 Å². The Labute approximate surface area is 175 Å². The van der Waals surface area contributed by atoms with Crippen molar-refractivity contribution < 1.29 is 9.59 Å². The molecule has 3 aromatic carbocycles. The van der Waals surface area contributed by atoms with E-state index in [2.05, 4.69) is 10.6 Å². The lowest BCUT2D eigenvalue weighted by atomic mass is 10.1. The monoisotopic (exact) mass is 404 g/mol. The van der Waals surface area contributed by atoms with Crippen molar-refractivity contribution >= 4 is 29.3 Å². The Bertz CT molecular complexity index is 928. The van der Waals surface area contributed by atoms with Gasteiger partial charge >= 0.3 is 0 Å². The van der Waals surface area contributed by atoms with E-state index in [1.807, 2.05) is 91.9 Å². The molecule has 3 rings (SSSR count). The van der Waals surface area contributed by atoms with Crippen molar-refractivity contribution in [1.29, 1.82) is 0 Å². The van der Waals surface area contributed by atoms with Crippen molar-refractivity contribution in [3.63, 3.8) is 0 Å². The van der Waals surface area contributed by atoms with Crippen molar-refractivity contribution in [1.82, 2.24) is 5.32 Å². The molecule has 0 saturated carbocycles. The van der Waals surface area contributed by atoms with Gasteiger partial charge in [-0.3, -0.25) is 9.59 Å². The SMILES string of the molecule is CC(NC(=O)c1ccc(CSCC(=O)Nc2ccccc2)cc1)c1ccccc1. The average molecular weight is 405 g/mol. The highest BCUT2D eigenvalue weighted by atomic mass is 32.2. The molecule has 3 aromatic rings. The van der Waals surface area contributed by atoms with Gasteiger partial charge in [0.15, 0.2) is 0 Å². The quantitative estimate of drug-likeness (QED) is 0.552. The van der Waals surface area contributed by atoms with Gasteiger partial charge in [0.1, 0.15) is 0 Å². The van der Waals surface area contributed by atoms with Gasteiger partial charge in [0.25, 0.3) is 5.91 Å². The third-order valence-electron chi connectivity index (χ3n) is 4.42. The van der Waals surface area contributed by atoms with Crippen molar-refractivity contribution in [2.75, 3.05) is 11.1 Å². The minimum atomic E-state index is -0.0946. The van der Waals surface area contributed by atoms with E-state index in [4.69, 9.17) is 0 Å². The molecule has 0 heterocycles. The van der Waals surface area contributed by atoms with Crippen molar-refractivity contribution in [2.45, 2.75) is 18.7 Å². The second-order valence-corrected chi connectivity index (χ2v) is 7.70. The highest BCUT2D eigenvalue weighted by Gasteiger charge is 2.11. The van der Waals surface area contributed by atoms with E-state index < -0.39 is 0 Å². The molecule has 0 bridgehead atoms. The van der Waals surface area contributed by atoms with Crippen LogP contribution in [0.1, 0.15) is 34.5 Å². The molecule has 0 radical (unpaired) electrons. The maximum absolute atomic E-state index is 12.4. The fourth-order valence-corrected chi connectivity index (χ4v) is 3.63. The molecule has 1 atom stereocenters. The van der Waals surface area contributed by atoms with E-state index in [1.165, 1.54) is 0 Å². The summed E-state index contributed by atoms with van der Waals surface area (Å²) in [4.78, 5) is 24.4. The summed E-state index contributed by atoms with van der Waals surface area (Å²) in [6.45, 7) is 1.97. The van der Waals surface area contributed by atoms with Crippen molar-refractivity contribution in [2.24, 2.45) is 0 Å². The molecule has 4 nitrogen and oxygen atoms in total. The zero-order valence-electron chi connectivity index (χ0n) is 16.3. The molecule has 1 unspecified atom stereocenters. The summed E-state index contributed by atoms with van der Waals surface area (Å²) in [5, 5.41) is 5.89. The van der Waals surface area contributed by atoms with Crippen LogP contribution < -0.4 is 10.6 Å². The Morgan fingerprint density at radius 1 is 0.862 bits per heavy atom. The normalized spacial score (nSPS) is 11.5. The second-order valence-electron chi connectivity index (χ2n) is 6.71. The molecule has 0 aliphatic rings.